The Hall–Kier alpha value is -3.72. The second kappa shape index (κ2) is 6.81. The highest BCUT2D eigenvalue weighted by Gasteiger charge is 2.11. The van der Waals surface area contributed by atoms with Crippen LogP contribution in [0.2, 0.25) is 0 Å². The Morgan fingerprint density at radius 2 is 1.96 bits per heavy atom. The predicted molar refractivity (Wildman–Crippen MR) is 90.7 cm³/mol. The van der Waals surface area contributed by atoms with Crippen LogP contribution in [-0.4, -0.2) is 4.92 Å². The predicted octanol–water partition coefficient (Wildman–Crippen LogP) is 5.06. The molecule has 6 heteroatoms. The SMILES string of the molecule is N#C/C(=C\c1ccc(-c2cccc([N+](=O)[O-])c2)o1)c1ccccc1F. The molecule has 0 bridgehead atoms. The minimum atomic E-state index is -0.499. The van der Waals surface area contributed by atoms with Gasteiger partial charge in [0.2, 0.25) is 0 Å². The van der Waals surface area contributed by atoms with Crippen molar-refractivity contribution in [1.82, 2.24) is 0 Å². The van der Waals surface area contributed by atoms with Gasteiger partial charge in [0.25, 0.3) is 5.69 Å². The van der Waals surface area contributed by atoms with Crippen molar-refractivity contribution in [3.8, 4) is 17.4 Å². The van der Waals surface area contributed by atoms with Gasteiger partial charge in [0.15, 0.2) is 0 Å². The van der Waals surface area contributed by atoms with E-state index < -0.39 is 10.7 Å². The number of halogens is 1. The summed E-state index contributed by atoms with van der Waals surface area (Å²) in [5.41, 5.74) is 0.796. The van der Waals surface area contributed by atoms with Gasteiger partial charge in [-0.25, -0.2) is 4.39 Å². The molecule has 0 radical (unpaired) electrons. The molecule has 0 fully saturated rings. The van der Waals surface area contributed by atoms with Crippen LogP contribution in [0.4, 0.5) is 10.1 Å². The van der Waals surface area contributed by atoms with Crippen molar-refractivity contribution in [2.24, 2.45) is 0 Å². The molecule has 0 aliphatic carbocycles. The van der Waals surface area contributed by atoms with Gasteiger partial charge in [0.1, 0.15) is 17.3 Å². The average molecular weight is 334 g/mol. The Morgan fingerprint density at radius 3 is 2.68 bits per heavy atom. The van der Waals surface area contributed by atoms with E-state index in [9.17, 15) is 19.8 Å². The van der Waals surface area contributed by atoms with Crippen LogP contribution in [0.25, 0.3) is 23.0 Å². The first-order chi connectivity index (χ1) is 12.1. The molecular weight excluding hydrogens is 323 g/mol. The summed E-state index contributed by atoms with van der Waals surface area (Å²) in [5, 5.41) is 20.1. The molecule has 0 N–H and O–H groups in total. The monoisotopic (exact) mass is 334 g/mol. The molecule has 1 heterocycles. The molecule has 3 aromatic rings. The number of nitro groups is 1. The molecule has 0 aliphatic heterocycles. The maximum atomic E-state index is 13.8. The lowest BCUT2D eigenvalue weighted by atomic mass is 10.1. The molecule has 0 spiro atoms. The summed E-state index contributed by atoms with van der Waals surface area (Å²) >= 11 is 0. The number of nitrogens with zero attached hydrogens (tertiary/aromatic N) is 2. The minimum absolute atomic E-state index is 0.0462. The van der Waals surface area contributed by atoms with Crippen LogP contribution < -0.4 is 0 Å². The van der Waals surface area contributed by atoms with Crippen molar-refractivity contribution in [3.63, 3.8) is 0 Å². The van der Waals surface area contributed by atoms with E-state index in [-0.39, 0.29) is 16.8 Å². The van der Waals surface area contributed by atoms with Crippen LogP contribution in [0.3, 0.4) is 0 Å². The number of hydrogen-bond donors (Lipinski definition) is 0. The standard InChI is InChI=1S/C19H11FN2O3/c20-18-7-2-1-6-17(18)14(12-21)11-16-8-9-19(25-16)13-4-3-5-15(10-13)22(23)24/h1-11H/b14-11+. The van der Waals surface area contributed by atoms with E-state index in [0.29, 0.717) is 17.1 Å². The fraction of sp³-hybridized carbons (Fsp3) is 0. The Morgan fingerprint density at radius 1 is 1.16 bits per heavy atom. The summed E-state index contributed by atoms with van der Waals surface area (Å²) in [5.74, 6) is 0.267. The fourth-order valence-corrected chi connectivity index (χ4v) is 2.35. The van der Waals surface area contributed by atoms with Gasteiger partial charge in [-0.05, 0) is 24.3 Å². The maximum Gasteiger partial charge on any atom is 0.270 e. The molecule has 2 aromatic carbocycles. The molecule has 1 aromatic heterocycles. The number of nitriles is 1. The van der Waals surface area contributed by atoms with Crippen LogP contribution in [0, 0.1) is 27.3 Å². The van der Waals surface area contributed by atoms with E-state index >= 15 is 0 Å². The zero-order valence-electron chi connectivity index (χ0n) is 12.8. The van der Waals surface area contributed by atoms with E-state index in [1.165, 1.54) is 30.3 Å². The highest BCUT2D eigenvalue weighted by Crippen LogP contribution is 2.28. The van der Waals surface area contributed by atoms with Crippen LogP contribution >= 0.6 is 0 Å². The number of furan rings is 1. The molecule has 3 rings (SSSR count). The van der Waals surface area contributed by atoms with E-state index in [1.807, 2.05) is 6.07 Å². The quantitative estimate of drug-likeness (QED) is 0.379. The summed E-state index contributed by atoms with van der Waals surface area (Å²) < 4.78 is 19.5. The third kappa shape index (κ3) is 3.46. The summed E-state index contributed by atoms with van der Waals surface area (Å²) in [6.45, 7) is 0. The van der Waals surface area contributed by atoms with Gasteiger partial charge < -0.3 is 4.42 Å². The van der Waals surface area contributed by atoms with Crippen molar-refractivity contribution in [3.05, 3.63) is 87.9 Å². The van der Waals surface area contributed by atoms with E-state index in [2.05, 4.69) is 0 Å². The van der Waals surface area contributed by atoms with Crippen LogP contribution in [0.5, 0.6) is 0 Å². The van der Waals surface area contributed by atoms with Gasteiger partial charge >= 0.3 is 0 Å². The van der Waals surface area contributed by atoms with Crippen LogP contribution in [0.15, 0.2) is 65.1 Å². The lowest BCUT2D eigenvalue weighted by molar-refractivity contribution is -0.384. The Kier molecular flexibility index (Phi) is 4.40. The van der Waals surface area contributed by atoms with Gasteiger partial charge in [-0.1, -0.05) is 30.3 Å². The molecule has 122 valence electrons. The van der Waals surface area contributed by atoms with Crippen molar-refractivity contribution >= 4 is 17.3 Å². The number of non-ortho nitro benzene ring substituents is 1. The summed E-state index contributed by atoms with van der Waals surface area (Å²) in [4.78, 5) is 10.4. The number of benzene rings is 2. The van der Waals surface area contributed by atoms with Gasteiger partial charge in [0, 0.05) is 23.3 Å². The zero-order chi connectivity index (χ0) is 17.8. The number of rotatable bonds is 4. The lowest BCUT2D eigenvalue weighted by Gasteiger charge is -2.00. The van der Waals surface area contributed by atoms with Gasteiger partial charge in [-0.3, -0.25) is 10.1 Å². The number of hydrogen-bond acceptors (Lipinski definition) is 4. The summed E-state index contributed by atoms with van der Waals surface area (Å²) in [7, 11) is 0. The topological polar surface area (TPSA) is 80.1 Å². The second-order valence-electron chi connectivity index (χ2n) is 5.16. The van der Waals surface area contributed by atoms with Crippen molar-refractivity contribution in [2.45, 2.75) is 0 Å². The largest absolute Gasteiger partial charge is 0.457 e. The molecule has 0 amide bonds. The van der Waals surface area contributed by atoms with Crippen LogP contribution in [-0.2, 0) is 0 Å². The third-order valence-electron chi connectivity index (χ3n) is 3.54. The van der Waals surface area contributed by atoms with Crippen molar-refractivity contribution < 1.29 is 13.7 Å². The molecule has 5 nitrogen and oxygen atoms in total. The molecular formula is C19H11FN2O3. The van der Waals surface area contributed by atoms with Gasteiger partial charge in [-0.15, -0.1) is 0 Å². The first kappa shape index (κ1) is 16.1. The molecule has 0 saturated carbocycles. The molecule has 0 unspecified atom stereocenters. The normalized spacial score (nSPS) is 11.1. The van der Waals surface area contributed by atoms with Crippen molar-refractivity contribution in [1.29, 1.82) is 5.26 Å². The smallest absolute Gasteiger partial charge is 0.270 e. The third-order valence-corrected chi connectivity index (χ3v) is 3.54. The average Bonchev–Trinajstić information content (AvgIpc) is 3.09. The maximum absolute atomic E-state index is 13.8. The summed E-state index contributed by atoms with van der Waals surface area (Å²) in [6.07, 6.45) is 1.43. The van der Waals surface area contributed by atoms with E-state index in [1.54, 1.807) is 36.4 Å². The first-order valence-electron chi connectivity index (χ1n) is 7.30. The second-order valence-corrected chi connectivity index (χ2v) is 5.16. The Balaban J connectivity index is 1.96. The Labute approximate surface area is 142 Å². The van der Waals surface area contributed by atoms with Gasteiger partial charge in [-0.2, -0.15) is 5.26 Å². The number of allylic oxidation sites excluding steroid dienone is 1. The van der Waals surface area contributed by atoms with E-state index in [4.69, 9.17) is 4.42 Å². The minimum Gasteiger partial charge on any atom is -0.457 e. The molecule has 0 aliphatic rings. The van der Waals surface area contributed by atoms with E-state index in [0.717, 1.165) is 0 Å². The fourth-order valence-electron chi connectivity index (χ4n) is 2.35. The Bertz CT molecular complexity index is 1020. The highest BCUT2D eigenvalue weighted by molar-refractivity contribution is 5.89. The lowest BCUT2D eigenvalue weighted by Crippen LogP contribution is -1.87. The summed E-state index contributed by atoms with van der Waals surface area (Å²) in [6, 6.07) is 17.2. The first-order valence-corrected chi connectivity index (χ1v) is 7.30. The number of nitro benzene ring substituents is 1. The van der Waals surface area contributed by atoms with Crippen LogP contribution in [0.1, 0.15) is 11.3 Å². The molecule has 25 heavy (non-hydrogen) atoms. The molecule has 0 saturated heterocycles. The highest BCUT2D eigenvalue weighted by atomic mass is 19.1. The van der Waals surface area contributed by atoms with Crippen molar-refractivity contribution in [2.75, 3.05) is 0 Å². The zero-order valence-corrected chi connectivity index (χ0v) is 12.8. The molecule has 0 atom stereocenters. The van der Waals surface area contributed by atoms with Gasteiger partial charge in [0.05, 0.1) is 16.6 Å².